The number of hydrogen-bond acceptors (Lipinski definition) is 2. The Hall–Kier alpha value is -0.410. The highest BCUT2D eigenvalue weighted by molar-refractivity contribution is 14.1. The van der Waals surface area contributed by atoms with Gasteiger partial charge in [-0.3, -0.25) is 0 Å². The summed E-state index contributed by atoms with van der Waals surface area (Å²) in [6.45, 7) is 1.91. The van der Waals surface area contributed by atoms with Gasteiger partial charge in [-0.25, -0.2) is 9.98 Å². The molecule has 1 aliphatic rings. The summed E-state index contributed by atoms with van der Waals surface area (Å²) in [5.41, 5.74) is 0.917. The van der Waals surface area contributed by atoms with Crippen LogP contribution < -0.4 is 0 Å². The lowest BCUT2D eigenvalue weighted by atomic mass is 10.5. The van der Waals surface area contributed by atoms with Gasteiger partial charge in [0, 0.05) is 6.08 Å². The Morgan fingerprint density at radius 1 is 1.67 bits per heavy atom. The minimum absolute atomic E-state index is 0.917. The maximum Gasteiger partial charge on any atom is 0.110 e. The van der Waals surface area contributed by atoms with Gasteiger partial charge in [-0.1, -0.05) is 0 Å². The van der Waals surface area contributed by atoms with Crippen LogP contribution >= 0.6 is 22.6 Å². The van der Waals surface area contributed by atoms with Gasteiger partial charge in [0.05, 0.1) is 11.9 Å². The number of halogens is 1. The van der Waals surface area contributed by atoms with E-state index in [2.05, 4.69) is 38.4 Å². The van der Waals surface area contributed by atoms with Crippen molar-refractivity contribution >= 4 is 32.2 Å². The molecule has 1 aliphatic heterocycles. The molecule has 0 aromatic heterocycles. The number of hydrogen-bond donors (Lipinski definition) is 0. The average Bonchev–Trinajstić information content (AvgIpc) is 1.93. The molecule has 0 bridgehead atoms. The second-order valence-corrected chi connectivity index (χ2v) is 2.71. The summed E-state index contributed by atoms with van der Waals surface area (Å²) in [5.74, 6) is 2.71. The molecule has 1 rings (SSSR count). The molecule has 0 atom stereocenters. The standard InChI is InChI=1S/C6H5IN2/c1-5-4-8-3-2-6(7)9-5/h2,4H,1H3. The Bertz CT molecular complexity index is 231. The zero-order valence-electron chi connectivity index (χ0n) is 4.93. The van der Waals surface area contributed by atoms with Crippen LogP contribution in [0.4, 0.5) is 0 Å². The minimum Gasteiger partial charge on any atom is -0.245 e. The average molecular weight is 232 g/mol. The molecule has 0 aliphatic carbocycles. The van der Waals surface area contributed by atoms with Crippen molar-refractivity contribution in [2.75, 3.05) is 0 Å². The number of nitrogens with zero attached hydrogens (tertiary/aromatic N) is 2. The third kappa shape index (κ3) is 2.11. The largest absolute Gasteiger partial charge is 0.245 e. The van der Waals surface area contributed by atoms with Crippen molar-refractivity contribution in [2.24, 2.45) is 9.98 Å². The fraction of sp³-hybridized carbons (Fsp3) is 0.167. The van der Waals surface area contributed by atoms with E-state index in [1.165, 1.54) is 0 Å². The summed E-state index contributed by atoms with van der Waals surface area (Å²) in [6, 6.07) is 0. The fourth-order valence-corrected chi connectivity index (χ4v) is 0.971. The van der Waals surface area contributed by atoms with Crippen LogP contribution in [-0.2, 0) is 0 Å². The SMILES string of the molecule is CC1=CN=C=CC(I)=N1. The Morgan fingerprint density at radius 2 is 2.44 bits per heavy atom. The molecule has 0 fully saturated rings. The van der Waals surface area contributed by atoms with Gasteiger partial charge < -0.3 is 0 Å². The molecular formula is C6H5IN2. The van der Waals surface area contributed by atoms with Crippen LogP contribution in [0.5, 0.6) is 0 Å². The Labute approximate surface area is 67.2 Å². The first-order chi connectivity index (χ1) is 4.29. The highest BCUT2D eigenvalue weighted by Gasteiger charge is 1.88. The summed E-state index contributed by atoms with van der Waals surface area (Å²) in [6.07, 6.45) is 3.43. The summed E-state index contributed by atoms with van der Waals surface area (Å²) in [4.78, 5) is 7.94. The molecule has 0 unspecified atom stereocenters. The molecule has 0 spiro atoms. The van der Waals surface area contributed by atoms with Gasteiger partial charge >= 0.3 is 0 Å². The molecule has 0 aromatic rings. The molecule has 0 N–H and O–H groups in total. The third-order valence-corrected chi connectivity index (χ3v) is 1.35. The van der Waals surface area contributed by atoms with Gasteiger partial charge in [0.1, 0.15) is 3.72 Å². The first-order valence-corrected chi connectivity index (χ1v) is 3.56. The Morgan fingerprint density at radius 3 is 3.22 bits per heavy atom. The molecule has 46 valence electrons. The van der Waals surface area contributed by atoms with Gasteiger partial charge in [0.2, 0.25) is 0 Å². The lowest BCUT2D eigenvalue weighted by Crippen LogP contribution is -1.76. The van der Waals surface area contributed by atoms with Crippen molar-refractivity contribution in [3.8, 4) is 0 Å². The van der Waals surface area contributed by atoms with Gasteiger partial charge in [0.15, 0.2) is 0 Å². The number of allylic oxidation sites excluding steroid dienone is 2. The van der Waals surface area contributed by atoms with E-state index < -0.39 is 0 Å². The molecule has 3 heteroatoms. The van der Waals surface area contributed by atoms with Gasteiger partial charge in [-0.15, -0.1) is 0 Å². The fourth-order valence-electron chi connectivity index (χ4n) is 0.451. The van der Waals surface area contributed by atoms with Crippen molar-refractivity contribution < 1.29 is 0 Å². The monoisotopic (exact) mass is 232 g/mol. The van der Waals surface area contributed by atoms with Gasteiger partial charge in [0.25, 0.3) is 0 Å². The van der Waals surface area contributed by atoms with Crippen LogP contribution in [0.2, 0.25) is 0 Å². The van der Waals surface area contributed by atoms with Crippen LogP contribution in [0.25, 0.3) is 0 Å². The topological polar surface area (TPSA) is 24.7 Å². The van der Waals surface area contributed by atoms with E-state index in [1.807, 2.05) is 6.92 Å². The normalized spacial score (nSPS) is 16.7. The van der Waals surface area contributed by atoms with Crippen LogP contribution in [0.3, 0.4) is 0 Å². The van der Waals surface area contributed by atoms with E-state index in [1.54, 1.807) is 12.3 Å². The summed E-state index contributed by atoms with van der Waals surface area (Å²) in [7, 11) is 0. The first-order valence-electron chi connectivity index (χ1n) is 2.48. The Kier molecular flexibility index (Phi) is 2.19. The highest BCUT2D eigenvalue weighted by atomic mass is 127. The van der Waals surface area contributed by atoms with E-state index >= 15 is 0 Å². The minimum atomic E-state index is 0.917. The predicted molar refractivity (Wildman–Crippen MR) is 47.2 cm³/mol. The van der Waals surface area contributed by atoms with Gasteiger partial charge in [-0.05, 0) is 35.4 Å². The van der Waals surface area contributed by atoms with Crippen LogP contribution in [0.15, 0.2) is 28.0 Å². The summed E-state index contributed by atoms with van der Waals surface area (Å²) >= 11 is 2.13. The zero-order valence-corrected chi connectivity index (χ0v) is 7.08. The number of aliphatic imine (C=N–C) groups is 2. The molecule has 0 saturated carbocycles. The number of rotatable bonds is 0. The molecule has 0 radical (unpaired) electrons. The first kappa shape index (κ1) is 6.71. The van der Waals surface area contributed by atoms with Crippen molar-refractivity contribution in [1.29, 1.82) is 0 Å². The van der Waals surface area contributed by atoms with Crippen LogP contribution in [-0.4, -0.2) is 9.59 Å². The highest BCUT2D eigenvalue weighted by Crippen LogP contribution is 2.02. The molecular weight excluding hydrogens is 227 g/mol. The maximum atomic E-state index is 4.13. The molecule has 9 heavy (non-hydrogen) atoms. The van der Waals surface area contributed by atoms with E-state index in [0.29, 0.717) is 0 Å². The van der Waals surface area contributed by atoms with Crippen molar-refractivity contribution in [1.82, 2.24) is 0 Å². The molecule has 1 heterocycles. The van der Waals surface area contributed by atoms with Crippen molar-refractivity contribution in [2.45, 2.75) is 6.92 Å². The molecule has 0 amide bonds. The van der Waals surface area contributed by atoms with E-state index in [9.17, 15) is 0 Å². The van der Waals surface area contributed by atoms with E-state index in [4.69, 9.17) is 0 Å². The summed E-state index contributed by atoms with van der Waals surface area (Å²) < 4.78 is 0.919. The van der Waals surface area contributed by atoms with Crippen molar-refractivity contribution in [3.05, 3.63) is 18.0 Å². The quantitative estimate of drug-likeness (QED) is 0.570. The zero-order chi connectivity index (χ0) is 6.69. The Balaban J connectivity index is 3.00. The predicted octanol–water partition coefficient (Wildman–Crippen LogP) is 1.92. The molecule has 0 aromatic carbocycles. The lowest BCUT2D eigenvalue weighted by molar-refractivity contribution is 1.29. The lowest BCUT2D eigenvalue weighted by Gasteiger charge is -1.85. The third-order valence-electron chi connectivity index (χ3n) is 0.793. The summed E-state index contributed by atoms with van der Waals surface area (Å²) in [5, 5.41) is 0. The van der Waals surface area contributed by atoms with E-state index in [0.717, 1.165) is 9.42 Å². The maximum absolute atomic E-state index is 4.13. The molecule has 0 saturated heterocycles. The van der Waals surface area contributed by atoms with Crippen molar-refractivity contribution in [3.63, 3.8) is 0 Å². The van der Waals surface area contributed by atoms with E-state index in [-0.39, 0.29) is 0 Å². The molecule has 2 nitrogen and oxygen atoms in total. The van der Waals surface area contributed by atoms with Crippen LogP contribution in [0, 0.1) is 0 Å². The second kappa shape index (κ2) is 2.94. The smallest absolute Gasteiger partial charge is 0.110 e. The van der Waals surface area contributed by atoms with Crippen LogP contribution in [0.1, 0.15) is 6.92 Å². The van der Waals surface area contributed by atoms with Gasteiger partial charge in [-0.2, -0.15) is 0 Å². The second-order valence-electron chi connectivity index (χ2n) is 1.61.